The van der Waals surface area contributed by atoms with Crippen molar-refractivity contribution in [3.63, 3.8) is 0 Å². The molecule has 0 aliphatic carbocycles. The van der Waals surface area contributed by atoms with E-state index in [1.807, 2.05) is 0 Å². The maximum Gasteiger partial charge on any atom is 0.390 e. The monoisotopic (exact) mass is 287 g/mol. The summed E-state index contributed by atoms with van der Waals surface area (Å²) in [5.41, 5.74) is 2.07. The highest BCUT2D eigenvalue weighted by atomic mass is 19.4. The number of halogens is 3. The molecule has 0 spiro atoms. The lowest BCUT2D eigenvalue weighted by atomic mass is 10.1. The number of fused-ring (bicyclic) bond motifs is 1. The zero-order chi connectivity index (χ0) is 14.8. The third-order valence-electron chi connectivity index (χ3n) is 3.10. The molecule has 20 heavy (non-hydrogen) atoms. The minimum absolute atomic E-state index is 0.342. The molecule has 0 saturated heterocycles. The fourth-order valence-corrected chi connectivity index (χ4v) is 1.99. The van der Waals surface area contributed by atoms with E-state index < -0.39 is 18.5 Å². The van der Waals surface area contributed by atoms with Crippen LogP contribution in [0.2, 0.25) is 0 Å². The van der Waals surface area contributed by atoms with Gasteiger partial charge in [0, 0.05) is 32.2 Å². The molecule has 0 fully saturated rings. The number of hydrogen-bond acceptors (Lipinski definition) is 3. The Morgan fingerprint density at radius 2 is 1.90 bits per heavy atom. The predicted octanol–water partition coefficient (Wildman–Crippen LogP) is 2.55. The molecule has 0 unspecified atom stereocenters. The van der Waals surface area contributed by atoms with Crippen LogP contribution >= 0.6 is 0 Å². The number of carbonyl (C=O) groups is 1. The summed E-state index contributed by atoms with van der Waals surface area (Å²) >= 11 is 0. The first-order chi connectivity index (χ1) is 9.37. The summed E-state index contributed by atoms with van der Waals surface area (Å²) in [4.78, 5) is 13.1. The molecule has 1 aromatic carbocycles. The smallest absolute Gasteiger partial charge is 0.382 e. The van der Waals surface area contributed by atoms with Crippen LogP contribution in [0.3, 0.4) is 0 Å². The molecule has 110 valence electrons. The van der Waals surface area contributed by atoms with Gasteiger partial charge in [0.25, 0.3) is 5.91 Å². The number of anilines is 2. The molecule has 0 bridgehead atoms. The molecule has 1 heterocycles. The SMILES string of the molecule is CN(CCC(F)(F)F)C(=O)c1ccc2c(c1)NCCN2. The van der Waals surface area contributed by atoms with Crippen LogP contribution < -0.4 is 10.6 Å². The summed E-state index contributed by atoms with van der Waals surface area (Å²) in [6.45, 7) is 1.20. The topological polar surface area (TPSA) is 44.4 Å². The predicted molar refractivity (Wildman–Crippen MR) is 71.1 cm³/mol. The van der Waals surface area contributed by atoms with Gasteiger partial charge in [0.05, 0.1) is 17.8 Å². The van der Waals surface area contributed by atoms with Crippen molar-refractivity contribution in [1.82, 2.24) is 4.90 Å². The van der Waals surface area contributed by atoms with Gasteiger partial charge in [-0.1, -0.05) is 0 Å². The molecule has 1 aliphatic heterocycles. The lowest BCUT2D eigenvalue weighted by Crippen LogP contribution is -2.30. The average molecular weight is 287 g/mol. The number of alkyl halides is 3. The Labute approximate surface area is 114 Å². The van der Waals surface area contributed by atoms with Crippen LogP contribution in [0, 0.1) is 0 Å². The number of hydrogen-bond donors (Lipinski definition) is 2. The Morgan fingerprint density at radius 3 is 2.55 bits per heavy atom. The van der Waals surface area contributed by atoms with Crippen molar-refractivity contribution in [2.24, 2.45) is 0 Å². The second-order valence-corrected chi connectivity index (χ2v) is 4.71. The number of nitrogens with zero attached hydrogens (tertiary/aromatic N) is 1. The molecule has 1 amide bonds. The molecule has 0 aromatic heterocycles. The Morgan fingerprint density at radius 1 is 1.25 bits per heavy atom. The number of amides is 1. The fraction of sp³-hybridized carbons (Fsp3) is 0.462. The van der Waals surface area contributed by atoms with Crippen LogP contribution in [0.25, 0.3) is 0 Å². The van der Waals surface area contributed by atoms with Crippen molar-refractivity contribution in [2.45, 2.75) is 12.6 Å². The highest BCUT2D eigenvalue weighted by Gasteiger charge is 2.28. The lowest BCUT2D eigenvalue weighted by molar-refractivity contribution is -0.136. The van der Waals surface area contributed by atoms with Crippen molar-refractivity contribution in [2.75, 3.05) is 37.3 Å². The molecule has 4 nitrogen and oxygen atoms in total. The van der Waals surface area contributed by atoms with Gasteiger partial charge in [-0.3, -0.25) is 4.79 Å². The lowest BCUT2D eigenvalue weighted by Gasteiger charge is -2.22. The van der Waals surface area contributed by atoms with Gasteiger partial charge in [0.2, 0.25) is 0 Å². The van der Waals surface area contributed by atoms with E-state index >= 15 is 0 Å². The summed E-state index contributed by atoms with van der Waals surface area (Å²) in [7, 11) is 1.37. The summed E-state index contributed by atoms with van der Waals surface area (Å²) < 4.78 is 36.5. The molecular weight excluding hydrogens is 271 g/mol. The zero-order valence-corrected chi connectivity index (χ0v) is 11.0. The Kier molecular flexibility index (Phi) is 4.06. The Bertz CT molecular complexity index is 502. The van der Waals surface area contributed by atoms with E-state index in [-0.39, 0.29) is 6.54 Å². The number of carbonyl (C=O) groups excluding carboxylic acids is 1. The van der Waals surface area contributed by atoms with Gasteiger partial charge in [0.1, 0.15) is 0 Å². The summed E-state index contributed by atoms with van der Waals surface area (Å²) in [5.74, 6) is -0.413. The van der Waals surface area contributed by atoms with Gasteiger partial charge in [-0.15, -0.1) is 0 Å². The highest BCUT2D eigenvalue weighted by molar-refractivity contribution is 5.96. The molecule has 1 aliphatic rings. The zero-order valence-electron chi connectivity index (χ0n) is 11.0. The first-order valence-electron chi connectivity index (χ1n) is 6.31. The summed E-state index contributed by atoms with van der Waals surface area (Å²) in [5, 5.41) is 6.31. The van der Waals surface area contributed by atoms with Crippen molar-refractivity contribution in [3.05, 3.63) is 23.8 Å². The molecule has 1 aromatic rings. The van der Waals surface area contributed by atoms with Crippen LogP contribution in [-0.4, -0.2) is 43.7 Å². The van der Waals surface area contributed by atoms with Crippen molar-refractivity contribution < 1.29 is 18.0 Å². The minimum atomic E-state index is -4.25. The number of nitrogens with one attached hydrogen (secondary N) is 2. The summed E-state index contributed by atoms with van der Waals surface area (Å²) in [6.07, 6.45) is -5.25. The Balaban J connectivity index is 2.05. The Hall–Kier alpha value is -1.92. The van der Waals surface area contributed by atoms with Crippen molar-refractivity contribution >= 4 is 17.3 Å². The number of benzene rings is 1. The molecule has 0 saturated carbocycles. The van der Waals surface area contributed by atoms with Gasteiger partial charge in [-0.2, -0.15) is 13.2 Å². The second-order valence-electron chi connectivity index (χ2n) is 4.71. The third-order valence-corrected chi connectivity index (χ3v) is 3.10. The van der Waals surface area contributed by atoms with Gasteiger partial charge in [-0.25, -0.2) is 0 Å². The van der Waals surface area contributed by atoms with Gasteiger partial charge in [0.15, 0.2) is 0 Å². The molecule has 0 radical (unpaired) electrons. The van der Waals surface area contributed by atoms with E-state index in [4.69, 9.17) is 0 Å². The van der Waals surface area contributed by atoms with Gasteiger partial charge >= 0.3 is 6.18 Å². The fourth-order valence-electron chi connectivity index (χ4n) is 1.99. The van der Waals surface area contributed by atoms with Crippen LogP contribution in [0.4, 0.5) is 24.5 Å². The van der Waals surface area contributed by atoms with Crippen molar-refractivity contribution in [3.8, 4) is 0 Å². The molecule has 2 N–H and O–H groups in total. The van der Waals surface area contributed by atoms with Gasteiger partial charge < -0.3 is 15.5 Å². The quantitative estimate of drug-likeness (QED) is 0.898. The van der Waals surface area contributed by atoms with Gasteiger partial charge in [-0.05, 0) is 18.2 Å². The average Bonchev–Trinajstić information content (AvgIpc) is 2.42. The minimum Gasteiger partial charge on any atom is -0.382 e. The van der Waals surface area contributed by atoms with E-state index in [1.165, 1.54) is 7.05 Å². The van der Waals surface area contributed by atoms with E-state index in [2.05, 4.69) is 10.6 Å². The molecule has 7 heteroatoms. The number of rotatable bonds is 3. The second kappa shape index (κ2) is 5.60. The molecular formula is C13H16F3N3O. The van der Waals surface area contributed by atoms with Crippen LogP contribution in [0.5, 0.6) is 0 Å². The van der Waals surface area contributed by atoms with Crippen LogP contribution in [0.15, 0.2) is 18.2 Å². The highest BCUT2D eigenvalue weighted by Crippen LogP contribution is 2.26. The maximum absolute atomic E-state index is 12.2. The molecule has 2 rings (SSSR count). The third kappa shape index (κ3) is 3.55. The van der Waals surface area contributed by atoms with Crippen LogP contribution in [0.1, 0.15) is 16.8 Å². The van der Waals surface area contributed by atoms with E-state index in [1.54, 1.807) is 18.2 Å². The largest absolute Gasteiger partial charge is 0.390 e. The van der Waals surface area contributed by atoms with E-state index in [0.717, 1.165) is 29.4 Å². The molecule has 0 atom stereocenters. The maximum atomic E-state index is 12.2. The first-order valence-corrected chi connectivity index (χ1v) is 6.31. The van der Waals surface area contributed by atoms with E-state index in [9.17, 15) is 18.0 Å². The standard InChI is InChI=1S/C13H16F3N3O/c1-19(7-4-13(14,15)16)12(20)9-2-3-10-11(8-9)18-6-5-17-10/h2-3,8,17-18H,4-7H2,1H3. The van der Waals surface area contributed by atoms with Crippen molar-refractivity contribution in [1.29, 1.82) is 0 Å². The summed E-state index contributed by atoms with van der Waals surface area (Å²) in [6, 6.07) is 5.03. The first kappa shape index (κ1) is 14.5. The van der Waals surface area contributed by atoms with Crippen LogP contribution in [-0.2, 0) is 0 Å². The van der Waals surface area contributed by atoms with E-state index in [0.29, 0.717) is 5.56 Å². The normalized spacial score (nSPS) is 14.0.